The predicted octanol–water partition coefficient (Wildman–Crippen LogP) is 3.55. The minimum absolute atomic E-state index is 0.0128. The molecule has 1 aliphatic carbocycles. The highest BCUT2D eigenvalue weighted by atomic mass is 16.5. The van der Waals surface area contributed by atoms with Gasteiger partial charge in [-0.25, -0.2) is 9.59 Å². The molecular formula is C27H32N2O6. The average Bonchev–Trinajstić information content (AvgIpc) is 3.43. The van der Waals surface area contributed by atoms with Crippen molar-refractivity contribution in [3.8, 4) is 11.1 Å². The monoisotopic (exact) mass is 480 g/mol. The van der Waals surface area contributed by atoms with E-state index < -0.39 is 23.6 Å². The van der Waals surface area contributed by atoms with Gasteiger partial charge in [-0.2, -0.15) is 0 Å². The third kappa shape index (κ3) is 5.82. The van der Waals surface area contributed by atoms with Crippen molar-refractivity contribution >= 4 is 18.0 Å². The Hall–Kier alpha value is -3.39. The molecule has 1 saturated heterocycles. The predicted molar refractivity (Wildman–Crippen MR) is 130 cm³/mol. The summed E-state index contributed by atoms with van der Waals surface area (Å²) in [4.78, 5) is 36.1. The van der Waals surface area contributed by atoms with Gasteiger partial charge < -0.3 is 25.2 Å². The largest absolute Gasteiger partial charge is 0.479 e. The van der Waals surface area contributed by atoms with E-state index in [0.29, 0.717) is 13.0 Å². The maximum absolute atomic E-state index is 12.5. The molecule has 186 valence electrons. The summed E-state index contributed by atoms with van der Waals surface area (Å²) in [5.74, 6) is -1.45. The Balaban J connectivity index is 1.23. The van der Waals surface area contributed by atoms with Crippen molar-refractivity contribution in [2.75, 3.05) is 26.3 Å². The van der Waals surface area contributed by atoms with E-state index in [9.17, 15) is 19.5 Å². The van der Waals surface area contributed by atoms with E-state index >= 15 is 0 Å². The first-order chi connectivity index (χ1) is 16.7. The second-order valence-corrected chi connectivity index (χ2v) is 10.0. The quantitative estimate of drug-likeness (QED) is 0.506. The number of alkyl carbamates (subject to hydrolysis) is 1. The van der Waals surface area contributed by atoms with Crippen molar-refractivity contribution in [3.63, 3.8) is 0 Å². The van der Waals surface area contributed by atoms with Crippen LogP contribution in [0.3, 0.4) is 0 Å². The third-order valence-corrected chi connectivity index (χ3v) is 6.71. The van der Waals surface area contributed by atoms with Crippen LogP contribution in [0, 0.1) is 11.3 Å². The van der Waals surface area contributed by atoms with Crippen LogP contribution in [-0.2, 0) is 19.1 Å². The summed E-state index contributed by atoms with van der Waals surface area (Å²) in [7, 11) is 0. The number of ether oxygens (including phenoxy) is 2. The molecular weight excluding hydrogens is 448 g/mol. The molecule has 1 heterocycles. The van der Waals surface area contributed by atoms with E-state index in [1.807, 2.05) is 38.1 Å². The molecule has 0 spiro atoms. The van der Waals surface area contributed by atoms with E-state index in [4.69, 9.17) is 9.47 Å². The van der Waals surface area contributed by atoms with Crippen LogP contribution in [0.1, 0.15) is 43.7 Å². The standard InChI is InChI=1S/C27H32N2O6/c1-27(2,13-23(30)28-14-17-11-12-34-24(17)25(31)32)16-29-26(33)35-15-22-20-9-5-3-7-18(20)19-8-4-6-10-21(19)22/h3-10,17,22,24H,11-16H2,1-2H3,(H,28,30)(H,29,33)(H,31,32). The highest BCUT2D eigenvalue weighted by molar-refractivity contribution is 5.79. The van der Waals surface area contributed by atoms with Gasteiger partial charge in [0.2, 0.25) is 5.91 Å². The zero-order valence-electron chi connectivity index (χ0n) is 20.1. The molecule has 2 atom stereocenters. The normalized spacial score (nSPS) is 19.0. The number of rotatable bonds is 9. The molecule has 2 aromatic rings. The van der Waals surface area contributed by atoms with Crippen molar-refractivity contribution in [1.82, 2.24) is 10.6 Å². The van der Waals surface area contributed by atoms with E-state index in [-0.39, 0.29) is 43.9 Å². The molecule has 8 nitrogen and oxygen atoms in total. The number of fused-ring (bicyclic) bond motifs is 3. The molecule has 35 heavy (non-hydrogen) atoms. The molecule has 1 fully saturated rings. The molecule has 2 aromatic carbocycles. The highest BCUT2D eigenvalue weighted by Crippen LogP contribution is 2.44. The summed E-state index contributed by atoms with van der Waals surface area (Å²) in [5.41, 5.74) is 4.13. The molecule has 2 amide bonds. The van der Waals surface area contributed by atoms with Crippen LogP contribution < -0.4 is 10.6 Å². The fourth-order valence-corrected chi connectivity index (χ4v) is 4.88. The first-order valence-electron chi connectivity index (χ1n) is 11.9. The van der Waals surface area contributed by atoms with E-state index in [2.05, 4.69) is 34.9 Å². The molecule has 0 saturated carbocycles. The average molecular weight is 481 g/mol. The van der Waals surface area contributed by atoms with Gasteiger partial charge in [0.25, 0.3) is 0 Å². The van der Waals surface area contributed by atoms with Crippen molar-refractivity contribution in [1.29, 1.82) is 0 Å². The molecule has 0 aromatic heterocycles. The Morgan fingerprint density at radius 1 is 1.03 bits per heavy atom. The van der Waals surface area contributed by atoms with Gasteiger partial charge in [0.15, 0.2) is 6.10 Å². The number of aliphatic carboxylic acids is 1. The molecule has 3 N–H and O–H groups in total. The second-order valence-electron chi connectivity index (χ2n) is 10.0. The molecule has 8 heteroatoms. The van der Waals surface area contributed by atoms with Crippen LogP contribution in [0.2, 0.25) is 0 Å². The minimum atomic E-state index is -1.01. The molecule has 2 unspecified atom stereocenters. The van der Waals surface area contributed by atoms with Crippen LogP contribution in [0.25, 0.3) is 11.1 Å². The van der Waals surface area contributed by atoms with Crippen molar-refractivity contribution in [2.24, 2.45) is 11.3 Å². The van der Waals surface area contributed by atoms with Crippen LogP contribution in [0.15, 0.2) is 48.5 Å². The fourth-order valence-electron chi connectivity index (χ4n) is 4.88. The summed E-state index contributed by atoms with van der Waals surface area (Å²) in [6.07, 6.45) is -0.613. The number of nitrogens with one attached hydrogen (secondary N) is 2. The number of hydrogen-bond donors (Lipinski definition) is 3. The first kappa shape index (κ1) is 24.7. The number of hydrogen-bond acceptors (Lipinski definition) is 5. The second kappa shape index (κ2) is 10.5. The zero-order chi connectivity index (χ0) is 25.0. The van der Waals surface area contributed by atoms with Gasteiger partial charge in [0.05, 0.1) is 0 Å². The summed E-state index contributed by atoms with van der Waals surface area (Å²) in [5, 5.41) is 14.8. The third-order valence-electron chi connectivity index (χ3n) is 6.71. The number of carboxylic acid groups (broad SMARTS) is 1. The SMILES string of the molecule is CC(C)(CNC(=O)OCC1c2ccccc2-c2ccccc21)CC(=O)NCC1CCOC1C(=O)O. The van der Waals surface area contributed by atoms with Crippen LogP contribution >= 0.6 is 0 Å². The lowest BCUT2D eigenvalue weighted by Crippen LogP contribution is -2.40. The zero-order valence-corrected chi connectivity index (χ0v) is 20.1. The van der Waals surface area contributed by atoms with Gasteiger partial charge in [0.1, 0.15) is 6.61 Å². The summed E-state index contributed by atoms with van der Waals surface area (Å²) in [6, 6.07) is 16.3. The fraction of sp³-hybridized carbons (Fsp3) is 0.444. The van der Waals surface area contributed by atoms with Crippen LogP contribution in [0.4, 0.5) is 4.79 Å². The van der Waals surface area contributed by atoms with Gasteiger partial charge in [0, 0.05) is 38.0 Å². The molecule has 0 radical (unpaired) electrons. The number of carboxylic acids is 1. The highest BCUT2D eigenvalue weighted by Gasteiger charge is 2.34. The number of carbonyl (C=O) groups is 3. The van der Waals surface area contributed by atoms with E-state index in [0.717, 1.165) is 11.1 Å². The Labute approximate surface area is 205 Å². The van der Waals surface area contributed by atoms with Crippen molar-refractivity contribution < 1.29 is 29.0 Å². The molecule has 4 rings (SSSR count). The first-order valence-corrected chi connectivity index (χ1v) is 11.9. The molecule has 1 aliphatic heterocycles. The molecule has 0 bridgehead atoms. The van der Waals surface area contributed by atoms with E-state index in [1.54, 1.807) is 0 Å². The Morgan fingerprint density at radius 2 is 1.66 bits per heavy atom. The maximum Gasteiger partial charge on any atom is 0.407 e. The Kier molecular flexibility index (Phi) is 7.40. The summed E-state index contributed by atoms with van der Waals surface area (Å²) < 4.78 is 10.8. The van der Waals surface area contributed by atoms with Crippen molar-refractivity contribution in [3.05, 3.63) is 59.7 Å². The Morgan fingerprint density at radius 3 is 2.29 bits per heavy atom. The number of carbonyl (C=O) groups excluding carboxylic acids is 2. The topological polar surface area (TPSA) is 114 Å². The van der Waals surface area contributed by atoms with Gasteiger partial charge in [-0.05, 0) is 34.1 Å². The summed E-state index contributed by atoms with van der Waals surface area (Å²) >= 11 is 0. The van der Waals surface area contributed by atoms with Gasteiger partial charge in [-0.3, -0.25) is 4.79 Å². The Bertz CT molecular complexity index is 1050. The van der Waals surface area contributed by atoms with Gasteiger partial charge in [-0.1, -0.05) is 62.4 Å². The number of amides is 2. The lowest BCUT2D eigenvalue weighted by Gasteiger charge is -2.25. The van der Waals surface area contributed by atoms with Crippen LogP contribution in [-0.4, -0.2) is 55.5 Å². The lowest BCUT2D eigenvalue weighted by molar-refractivity contribution is -0.149. The van der Waals surface area contributed by atoms with Gasteiger partial charge >= 0.3 is 12.1 Å². The molecule has 2 aliphatic rings. The summed E-state index contributed by atoms with van der Waals surface area (Å²) in [6.45, 7) is 4.90. The van der Waals surface area contributed by atoms with Crippen LogP contribution in [0.5, 0.6) is 0 Å². The van der Waals surface area contributed by atoms with Gasteiger partial charge in [-0.15, -0.1) is 0 Å². The maximum atomic E-state index is 12.5. The number of benzene rings is 2. The minimum Gasteiger partial charge on any atom is -0.479 e. The smallest absolute Gasteiger partial charge is 0.407 e. The lowest BCUT2D eigenvalue weighted by atomic mass is 9.88. The van der Waals surface area contributed by atoms with E-state index in [1.165, 1.54) is 11.1 Å². The van der Waals surface area contributed by atoms with Crippen molar-refractivity contribution in [2.45, 2.75) is 38.7 Å².